The van der Waals surface area contributed by atoms with Gasteiger partial charge in [0, 0.05) is 22.0 Å². The molecular weight excluding hydrogens is 472 g/mol. The van der Waals surface area contributed by atoms with Gasteiger partial charge in [-0.15, -0.1) is 0 Å². The second kappa shape index (κ2) is 8.84. The standard InChI is InChI=1S/C25H23BrN2O4/c1-30-19-7-2-16(3-8-19)22-15-23-21-14-18(26)6-11-24(21)32-25(28(23)27-22)17-4-9-20(10-5-17)31-13-12-29/h2-11,14,23,25,29H,12-13,15H2,1H3/t23-,25-/m1/s1. The maximum absolute atomic E-state index is 8.97. The molecule has 0 saturated heterocycles. The molecule has 0 aromatic heterocycles. The zero-order valence-corrected chi connectivity index (χ0v) is 19.2. The van der Waals surface area contributed by atoms with Gasteiger partial charge < -0.3 is 19.3 Å². The molecule has 32 heavy (non-hydrogen) atoms. The Bertz CT molecular complexity index is 1130. The van der Waals surface area contributed by atoms with Crippen LogP contribution < -0.4 is 14.2 Å². The van der Waals surface area contributed by atoms with Gasteiger partial charge in [0.1, 0.15) is 23.9 Å². The van der Waals surface area contributed by atoms with Crippen molar-refractivity contribution >= 4 is 21.6 Å². The van der Waals surface area contributed by atoms with E-state index in [1.54, 1.807) is 7.11 Å². The zero-order valence-electron chi connectivity index (χ0n) is 17.6. The van der Waals surface area contributed by atoms with Gasteiger partial charge in [-0.2, -0.15) is 5.10 Å². The molecular formula is C25H23BrN2O4. The van der Waals surface area contributed by atoms with Crippen molar-refractivity contribution in [3.63, 3.8) is 0 Å². The van der Waals surface area contributed by atoms with Crippen LogP contribution in [0.15, 0.2) is 76.3 Å². The summed E-state index contributed by atoms with van der Waals surface area (Å²) in [4.78, 5) is 0. The fourth-order valence-electron chi connectivity index (χ4n) is 4.13. The van der Waals surface area contributed by atoms with Gasteiger partial charge in [-0.1, -0.05) is 15.9 Å². The van der Waals surface area contributed by atoms with Crippen LogP contribution in [-0.2, 0) is 0 Å². The highest BCUT2D eigenvalue weighted by molar-refractivity contribution is 9.10. The van der Waals surface area contributed by atoms with E-state index in [0.29, 0.717) is 5.75 Å². The summed E-state index contributed by atoms with van der Waals surface area (Å²) in [5, 5.41) is 16.0. The third-order valence-electron chi connectivity index (χ3n) is 5.70. The lowest BCUT2D eigenvalue weighted by Crippen LogP contribution is -2.33. The van der Waals surface area contributed by atoms with Crippen molar-refractivity contribution in [2.75, 3.05) is 20.3 Å². The molecule has 0 amide bonds. The van der Waals surface area contributed by atoms with Crippen LogP contribution in [0.4, 0.5) is 0 Å². The summed E-state index contributed by atoms with van der Waals surface area (Å²) in [5.41, 5.74) is 4.19. The van der Waals surface area contributed by atoms with Crippen molar-refractivity contribution in [1.82, 2.24) is 5.01 Å². The number of rotatable bonds is 6. The van der Waals surface area contributed by atoms with Crippen molar-refractivity contribution in [3.8, 4) is 17.2 Å². The summed E-state index contributed by atoms with van der Waals surface area (Å²) < 4.78 is 18.2. The van der Waals surface area contributed by atoms with Gasteiger partial charge >= 0.3 is 0 Å². The summed E-state index contributed by atoms with van der Waals surface area (Å²) in [6, 6.07) is 21.9. The molecule has 2 aliphatic heterocycles. The van der Waals surface area contributed by atoms with Crippen molar-refractivity contribution in [2.24, 2.45) is 5.10 Å². The molecule has 0 spiro atoms. The molecule has 0 saturated carbocycles. The lowest BCUT2D eigenvalue weighted by Gasteiger charge is -2.38. The van der Waals surface area contributed by atoms with Crippen LogP contribution in [0.1, 0.15) is 35.4 Å². The van der Waals surface area contributed by atoms with Crippen molar-refractivity contribution in [3.05, 3.63) is 87.9 Å². The molecule has 0 bridgehead atoms. The van der Waals surface area contributed by atoms with Crippen molar-refractivity contribution in [1.29, 1.82) is 0 Å². The molecule has 6 nitrogen and oxygen atoms in total. The minimum absolute atomic E-state index is 0.0157. The van der Waals surface area contributed by atoms with Gasteiger partial charge in [-0.05, 0) is 72.3 Å². The largest absolute Gasteiger partial charge is 0.497 e. The third-order valence-corrected chi connectivity index (χ3v) is 6.19. The van der Waals surface area contributed by atoms with Crippen molar-refractivity contribution in [2.45, 2.75) is 18.7 Å². The molecule has 1 N–H and O–H groups in total. The summed E-state index contributed by atoms with van der Waals surface area (Å²) >= 11 is 3.59. The predicted molar refractivity (Wildman–Crippen MR) is 125 cm³/mol. The van der Waals surface area contributed by atoms with E-state index in [0.717, 1.165) is 44.8 Å². The number of nitrogens with zero attached hydrogens (tertiary/aromatic N) is 2. The Labute approximate surface area is 195 Å². The Morgan fingerprint density at radius 3 is 2.53 bits per heavy atom. The second-order valence-electron chi connectivity index (χ2n) is 7.67. The maximum atomic E-state index is 8.97. The van der Waals surface area contributed by atoms with Crippen LogP contribution in [-0.4, -0.2) is 36.2 Å². The van der Waals surface area contributed by atoms with Gasteiger partial charge in [0.15, 0.2) is 0 Å². The van der Waals surface area contributed by atoms with E-state index in [9.17, 15) is 0 Å². The predicted octanol–water partition coefficient (Wildman–Crippen LogP) is 5.07. The average molecular weight is 495 g/mol. The highest BCUT2D eigenvalue weighted by Crippen LogP contribution is 2.48. The molecule has 2 aliphatic rings. The van der Waals surface area contributed by atoms with E-state index in [4.69, 9.17) is 24.4 Å². The first-order chi connectivity index (χ1) is 15.7. The molecule has 3 aromatic rings. The van der Waals surface area contributed by atoms with Gasteiger partial charge in [-0.25, -0.2) is 5.01 Å². The quantitative estimate of drug-likeness (QED) is 0.518. The number of hydrogen-bond donors (Lipinski definition) is 1. The summed E-state index contributed by atoms with van der Waals surface area (Å²) in [6.45, 7) is 0.253. The van der Waals surface area contributed by atoms with Crippen LogP contribution in [0.3, 0.4) is 0 Å². The van der Waals surface area contributed by atoms with E-state index in [2.05, 4.69) is 27.0 Å². The number of halogens is 1. The Morgan fingerprint density at radius 2 is 1.81 bits per heavy atom. The SMILES string of the molecule is COc1ccc(C2=NN3[C@H](C2)c2cc(Br)ccc2O[C@@H]3c2ccc(OCCO)cc2)cc1. The molecule has 0 fully saturated rings. The lowest BCUT2D eigenvalue weighted by atomic mass is 9.96. The summed E-state index contributed by atoms with van der Waals surface area (Å²) in [5.74, 6) is 2.40. The normalized spacial score (nSPS) is 19.0. The van der Waals surface area contributed by atoms with Crippen molar-refractivity contribution < 1.29 is 19.3 Å². The molecule has 5 rings (SSSR count). The van der Waals surface area contributed by atoms with Gasteiger partial charge in [0.2, 0.25) is 6.23 Å². The monoisotopic (exact) mass is 494 g/mol. The number of hydrogen-bond acceptors (Lipinski definition) is 6. The fourth-order valence-corrected chi connectivity index (χ4v) is 4.51. The van der Waals surface area contributed by atoms with Crippen LogP contribution in [0.5, 0.6) is 17.2 Å². The van der Waals surface area contributed by atoms with Crippen LogP contribution in [0.25, 0.3) is 0 Å². The molecule has 0 radical (unpaired) electrons. The first-order valence-electron chi connectivity index (χ1n) is 10.5. The minimum atomic E-state index is -0.351. The highest BCUT2D eigenvalue weighted by Gasteiger charge is 2.41. The number of aliphatic hydroxyl groups is 1. The Balaban J connectivity index is 1.50. The van der Waals surface area contributed by atoms with Crippen LogP contribution in [0, 0.1) is 0 Å². The third kappa shape index (κ3) is 3.94. The fraction of sp³-hybridized carbons (Fsp3) is 0.240. The topological polar surface area (TPSA) is 63.5 Å². The Hall–Kier alpha value is -3.03. The average Bonchev–Trinajstić information content (AvgIpc) is 3.29. The smallest absolute Gasteiger partial charge is 0.213 e. The summed E-state index contributed by atoms with van der Waals surface area (Å²) in [7, 11) is 1.67. The first kappa shape index (κ1) is 20.8. The van der Waals surface area contributed by atoms with E-state index < -0.39 is 0 Å². The van der Waals surface area contributed by atoms with Gasteiger partial charge in [0.05, 0.1) is 25.5 Å². The Morgan fingerprint density at radius 1 is 1.06 bits per heavy atom. The van der Waals surface area contributed by atoms with Gasteiger partial charge in [0.25, 0.3) is 0 Å². The number of methoxy groups -OCH3 is 1. The number of ether oxygens (including phenoxy) is 3. The number of fused-ring (bicyclic) bond motifs is 3. The van der Waals surface area contributed by atoms with E-state index in [-0.39, 0.29) is 25.5 Å². The molecule has 2 heterocycles. The zero-order chi connectivity index (χ0) is 22.1. The van der Waals surface area contributed by atoms with Crippen LogP contribution in [0.2, 0.25) is 0 Å². The van der Waals surface area contributed by atoms with Gasteiger partial charge in [-0.3, -0.25) is 0 Å². The van der Waals surface area contributed by atoms with Crippen LogP contribution >= 0.6 is 15.9 Å². The first-order valence-corrected chi connectivity index (χ1v) is 11.3. The lowest BCUT2D eigenvalue weighted by molar-refractivity contribution is -0.0191. The molecule has 164 valence electrons. The highest BCUT2D eigenvalue weighted by atomic mass is 79.9. The molecule has 0 unspecified atom stereocenters. The number of benzene rings is 3. The summed E-state index contributed by atoms with van der Waals surface area (Å²) in [6.07, 6.45) is 0.434. The molecule has 0 aliphatic carbocycles. The number of hydrazone groups is 1. The minimum Gasteiger partial charge on any atom is -0.497 e. The number of aliphatic hydroxyl groups excluding tert-OH is 1. The van der Waals surface area contributed by atoms with E-state index >= 15 is 0 Å². The maximum Gasteiger partial charge on any atom is 0.213 e. The molecule has 3 aromatic carbocycles. The van der Waals surface area contributed by atoms with E-state index in [1.165, 1.54) is 0 Å². The van der Waals surface area contributed by atoms with E-state index in [1.807, 2.05) is 60.7 Å². The second-order valence-corrected chi connectivity index (χ2v) is 8.58. The molecule has 2 atom stereocenters. The Kier molecular flexibility index (Phi) is 5.76. The molecule has 7 heteroatoms.